The number of aromatic nitrogens is 2. The second kappa shape index (κ2) is 6.71. The molecule has 1 aromatic heterocycles. The molecule has 0 atom stereocenters. The van der Waals surface area contributed by atoms with Crippen molar-refractivity contribution in [3.05, 3.63) is 41.0 Å². The maximum atomic E-state index is 11.1. The van der Waals surface area contributed by atoms with Crippen molar-refractivity contribution < 1.29 is 15.1 Å². The lowest BCUT2D eigenvalue weighted by Gasteiger charge is -2.11. The van der Waals surface area contributed by atoms with Gasteiger partial charge in [-0.05, 0) is 18.9 Å². The molecule has 0 unspecified atom stereocenters. The molecule has 0 bridgehead atoms. The highest BCUT2D eigenvalue weighted by Gasteiger charge is 2.21. The van der Waals surface area contributed by atoms with Crippen LogP contribution >= 0.6 is 0 Å². The van der Waals surface area contributed by atoms with E-state index in [-0.39, 0.29) is 18.0 Å². The summed E-state index contributed by atoms with van der Waals surface area (Å²) in [5.41, 5.74) is 0.449. The average Bonchev–Trinajstić information content (AvgIpc) is 2.96. The number of rotatable bonds is 7. The minimum Gasteiger partial charge on any atom is -0.502 e. The standard InChI is InChI=1S/C13H16N4O4/c18-6-2-1-3-15-11-7-10(16-5-4-14-9-16)8-12(19)13(11)17(20)21/h4-5,7-9,15,18-19H,1-3,6H2. The number of phenols is 1. The molecule has 0 spiro atoms. The second-order valence-corrected chi connectivity index (χ2v) is 4.45. The molecule has 0 saturated carbocycles. The lowest BCUT2D eigenvalue weighted by Crippen LogP contribution is -2.06. The summed E-state index contributed by atoms with van der Waals surface area (Å²) < 4.78 is 1.64. The first-order valence-electron chi connectivity index (χ1n) is 6.48. The monoisotopic (exact) mass is 292 g/mol. The Kier molecular flexibility index (Phi) is 4.72. The zero-order valence-electron chi connectivity index (χ0n) is 11.3. The van der Waals surface area contributed by atoms with Gasteiger partial charge in [0.2, 0.25) is 0 Å². The molecule has 112 valence electrons. The molecule has 1 heterocycles. The third-order valence-electron chi connectivity index (χ3n) is 2.96. The van der Waals surface area contributed by atoms with Crippen molar-refractivity contribution >= 4 is 11.4 Å². The van der Waals surface area contributed by atoms with Crippen LogP contribution in [-0.2, 0) is 0 Å². The number of nitro benzene ring substituents is 1. The summed E-state index contributed by atoms with van der Waals surface area (Å²) in [4.78, 5) is 14.4. The number of hydrogen-bond donors (Lipinski definition) is 3. The van der Waals surface area contributed by atoms with E-state index in [4.69, 9.17) is 5.11 Å². The molecule has 3 N–H and O–H groups in total. The highest BCUT2D eigenvalue weighted by atomic mass is 16.6. The second-order valence-electron chi connectivity index (χ2n) is 4.45. The highest BCUT2D eigenvalue weighted by Crippen LogP contribution is 2.36. The van der Waals surface area contributed by atoms with Crippen molar-refractivity contribution in [3.63, 3.8) is 0 Å². The van der Waals surface area contributed by atoms with Crippen molar-refractivity contribution in [1.29, 1.82) is 0 Å². The van der Waals surface area contributed by atoms with Crippen LogP contribution in [0.15, 0.2) is 30.9 Å². The minimum atomic E-state index is -0.624. The van der Waals surface area contributed by atoms with E-state index < -0.39 is 10.7 Å². The van der Waals surface area contributed by atoms with Gasteiger partial charge in [-0.2, -0.15) is 0 Å². The summed E-state index contributed by atoms with van der Waals surface area (Å²) in [6, 6.07) is 2.90. The molecule has 2 aromatic rings. The number of hydrogen-bond acceptors (Lipinski definition) is 6. The Bertz CT molecular complexity index is 613. The van der Waals surface area contributed by atoms with E-state index in [1.165, 1.54) is 12.4 Å². The van der Waals surface area contributed by atoms with Gasteiger partial charge in [-0.15, -0.1) is 0 Å². The number of aliphatic hydroxyl groups is 1. The number of phenolic OH excluding ortho intramolecular Hbond substituents is 1. The van der Waals surface area contributed by atoms with Gasteiger partial charge in [0, 0.05) is 31.6 Å². The molecule has 8 nitrogen and oxygen atoms in total. The van der Waals surface area contributed by atoms with Gasteiger partial charge >= 0.3 is 5.69 Å². The number of anilines is 1. The number of unbranched alkanes of at least 4 members (excludes halogenated alkanes) is 1. The molecule has 0 aliphatic carbocycles. The molecule has 21 heavy (non-hydrogen) atoms. The smallest absolute Gasteiger partial charge is 0.333 e. The van der Waals surface area contributed by atoms with E-state index in [2.05, 4.69) is 10.3 Å². The number of nitrogens with one attached hydrogen (secondary N) is 1. The fourth-order valence-electron chi connectivity index (χ4n) is 1.95. The van der Waals surface area contributed by atoms with Gasteiger partial charge in [0.05, 0.1) is 16.9 Å². The molecular formula is C13H16N4O4. The van der Waals surface area contributed by atoms with E-state index in [0.717, 1.165) is 0 Å². The fraction of sp³-hybridized carbons (Fsp3) is 0.308. The Labute approximate surface area is 120 Å². The van der Waals surface area contributed by atoms with E-state index in [1.54, 1.807) is 23.0 Å². The first-order valence-corrected chi connectivity index (χ1v) is 6.48. The van der Waals surface area contributed by atoms with Crippen molar-refractivity contribution in [2.75, 3.05) is 18.5 Å². The zero-order chi connectivity index (χ0) is 15.2. The molecule has 0 radical (unpaired) electrons. The third kappa shape index (κ3) is 3.48. The van der Waals surface area contributed by atoms with E-state index in [0.29, 0.717) is 25.1 Å². The lowest BCUT2D eigenvalue weighted by molar-refractivity contribution is -0.384. The van der Waals surface area contributed by atoms with Crippen molar-refractivity contribution in [3.8, 4) is 11.4 Å². The van der Waals surface area contributed by atoms with Crippen LogP contribution in [0, 0.1) is 10.1 Å². The lowest BCUT2D eigenvalue weighted by atomic mass is 10.2. The number of imidazole rings is 1. The Balaban J connectivity index is 2.31. The maximum Gasteiger partial charge on any atom is 0.333 e. The van der Waals surface area contributed by atoms with Crippen LogP contribution in [0.4, 0.5) is 11.4 Å². The number of benzene rings is 1. The summed E-state index contributed by atoms with van der Waals surface area (Å²) in [6.07, 6.45) is 6.07. The molecular weight excluding hydrogens is 276 g/mol. The largest absolute Gasteiger partial charge is 0.502 e. The van der Waals surface area contributed by atoms with Gasteiger partial charge < -0.3 is 20.1 Å². The molecule has 1 aromatic carbocycles. The quantitative estimate of drug-likeness (QED) is 0.406. The molecule has 0 aliphatic heterocycles. The molecule has 2 rings (SSSR count). The van der Waals surface area contributed by atoms with Gasteiger partial charge in [0.25, 0.3) is 0 Å². The van der Waals surface area contributed by atoms with E-state index >= 15 is 0 Å². The van der Waals surface area contributed by atoms with Crippen LogP contribution in [0.2, 0.25) is 0 Å². The highest BCUT2D eigenvalue weighted by molar-refractivity contribution is 5.72. The van der Waals surface area contributed by atoms with Gasteiger partial charge in [0.15, 0.2) is 5.75 Å². The summed E-state index contributed by atoms with van der Waals surface area (Å²) in [6.45, 7) is 0.540. The Hall–Kier alpha value is -2.61. The van der Waals surface area contributed by atoms with Crippen LogP contribution in [0.5, 0.6) is 5.75 Å². The van der Waals surface area contributed by atoms with Crippen LogP contribution in [-0.4, -0.2) is 37.8 Å². The molecule has 0 saturated heterocycles. The van der Waals surface area contributed by atoms with E-state index in [9.17, 15) is 15.2 Å². The van der Waals surface area contributed by atoms with Gasteiger partial charge in [-0.25, -0.2) is 4.98 Å². The first-order chi connectivity index (χ1) is 10.1. The van der Waals surface area contributed by atoms with Gasteiger partial charge in [-0.3, -0.25) is 10.1 Å². The summed E-state index contributed by atoms with van der Waals surface area (Å²) >= 11 is 0. The first kappa shape index (κ1) is 14.8. The van der Waals surface area contributed by atoms with Crippen molar-refractivity contribution in [2.45, 2.75) is 12.8 Å². The minimum absolute atomic E-state index is 0.0735. The van der Waals surface area contributed by atoms with Crippen molar-refractivity contribution in [2.24, 2.45) is 0 Å². The molecule has 8 heteroatoms. The molecule has 0 fully saturated rings. The third-order valence-corrected chi connectivity index (χ3v) is 2.96. The molecule has 0 amide bonds. The topological polar surface area (TPSA) is 113 Å². The van der Waals surface area contributed by atoms with Crippen LogP contribution in [0.1, 0.15) is 12.8 Å². The van der Waals surface area contributed by atoms with Gasteiger partial charge in [-0.1, -0.05) is 0 Å². The van der Waals surface area contributed by atoms with Crippen molar-refractivity contribution in [1.82, 2.24) is 9.55 Å². The number of nitro groups is 1. The van der Waals surface area contributed by atoms with E-state index in [1.807, 2.05) is 0 Å². The summed E-state index contributed by atoms with van der Waals surface area (Å²) in [5, 5.41) is 32.6. The number of aliphatic hydroxyl groups excluding tert-OH is 1. The fourth-order valence-corrected chi connectivity index (χ4v) is 1.95. The zero-order valence-corrected chi connectivity index (χ0v) is 11.3. The van der Waals surface area contributed by atoms with Crippen LogP contribution in [0.25, 0.3) is 5.69 Å². The average molecular weight is 292 g/mol. The predicted molar refractivity (Wildman–Crippen MR) is 76.7 cm³/mol. The SMILES string of the molecule is O=[N+]([O-])c1c(O)cc(-n2ccnc2)cc1NCCCCO. The Morgan fingerprint density at radius 2 is 2.19 bits per heavy atom. The normalized spacial score (nSPS) is 10.5. The van der Waals surface area contributed by atoms with Gasteiger partial charge in [0.1, 0.15) is 5.69 Å². The summed E-state index contributed by atoms with van der Waals surface area (Å²) in [7, 11) is 0. The predicted octanol–water partition coefficient (Wildman–Crippen LogP) is 1.67. The van der Waals surface area contributed by atoms with Crippen LogP contribution < -0.4 is 5.32 Å². The maximum absolute atomic E-state index is 11.1. The molecule has 0 aliphatic rings. The van der Waals surface area contributed by atoms with Crippen LogP contribution in [0.3, 0.4) is 0 Å². The summed E-state index contributed by atoms with van der Waals surface area (Å²) in [5.74, 6) is -0.407. The number of aromatic hydroxyl groups is 1. The number of nitrogens with zero attached hydrogens (tertiary/aromatic N) is 3. The Morgan fingerprint density at radius 3 is 2.81 bits per heavy atom. The Morgan fingerprint density at radius 1 is 1.38 bits per heavy atom.